The van der Waals surface area contributed by atoms with E-state index in [0.29, 0.717) is 30.3 Å². The number of rotatable bonds is 9. The molecule has 3 aliphatic carbocycles. The van der Waals surface area contributed by atoms with Crippen LogP contribution in [0.4, 0.5) is 0 Å². The maximum absolute atomic E-state index is 9.16. The zero-order chi connectivity index (χ0) is 29.1. The summed E-state index contributed by atoms with van der Waals surface area (Å²) in [5.41, 5.74) is 1.65. The van der Waals surface area contributed by atoms with Gasteiger partial charge in [0.25, 0.3) is 0 Å². The number of unbranched alkanes of at least 4 members (excludes halogenated alkanes) is 2. The lowest BCUT2D eigenvalue weighted by atomic mass is 9.57. The zero-order valence-electron chi connectivity index (χ0n) is 27.3. The van der Waals surface area contributed by atoms with E-state index in [2.05, 4.69) is 85.6 Å². The van der Waals surface area contributed by atoms with Gasteiger partial charge in [0.1, 0.15) is 6.10 Å². The second kappa shape index (κ2) is 13.3. The third-order valence-electron chi connectivity index (χ3n) is 11.1. The zero-order valence-corrected chi connectivity index (χ0v) is 29.3. The van der Waals surface area contributed by atoms with Crippen LogP contribution in [0.15, 0.2) is 11.6 Å². The van der Waals surface area contributed by atoms with Crippen LogP contribution in [0.25, 0.3) is 0 Å². The van der Waals surface area contributed by atoms with E-state index in [1.165, 1.54) is 44.9 Å². The van der Waals surface area contributed by atoms with Gasteiger partial charge in [-0.2, -0.15) is 0 Å². The normalized spacial score (nSPS) is 28.8. The Morgan fingerprint density at radius 1 is 0.897 bits per heavy atom. The van der Waals surface area contributed by atoms with Gasteiger partial charge in [-0.25, -0.2) is 0 Å². The van der Waals surface area contributed by atoms with Crippen molar-refractivity contribution in [2.45, 2.75) is 161 Å². The number of hydrogen-bond acceptors (Lipinski definition) is 3. The molecule has 3 saturated carbocycles. The topological polar surface area (TPSA) is 38.7 Å². The van der Waals surface area contributed by atoms with Gasteiger partial charge in [-0.15, -0.1) is 0 Å². The second-order valence-electron chi connectivity index (χ2n) is 16.0. The first-order chi connectivity index (χ1) is 18.1. The van der Waals surface area contributed by atoms with E-state index in [9.17, 15) is 0 Å². The van der Waals surface area contributed by atoms with Crippen LogP contribution >= 0.6 is 0 Å². The minimum absolute atomic E-state index is 0.0636. The third-order valence-corrected chi connectivity index (χ3v) is 20.0. The fourth-order valence-electron chi connectivity index (χ4n) is 6.27. The molecule has 0 bridgehead atoms. The minimum Gasteiger partial charge on any atom is -0.413 e. The Morgan fingerprint density at radius 2 is 1.54 bits per heavy atom. The first-order valence-electron chi connectivity index (χ1n) is 16.2. The number of hydrogen-bond donors (Lipinski definition) is 1. The number of aliphatic hydroxyl groups excluding tert-OH is 1. The third kappa shape index (κ3) is 8.34. The maximum atomic E-state index is 9.16. The second-order valence-corrected chi connectivity index (χ2v) is 25.5. The van der Waals surface area contributed by atoms with E-state index in [1.54, 1.807) is 5.57 Å². The molecule has 0 aliphatic heterocycles. The van der Waals surface area contributed by atoms with E-state index >= 15 is 0 Å². The fourth-order valence-corrected chi connectivity index (χ4v) is 8.89. The fraction of sp³-hybridized carbons (Fsp3) is 0.882. The average molecular weight is 575 g/mol. The monoisotopic (exact) mass is 574 g/mol. The summed E-state index contributed by atoms with van der Waals surface area (Å²) >= 11 is 0. The summed E-state index contributed by atoms with van der Waals surface area (Å²) < 4.78 is 14.2. The van der Waals surface area contributed by atoms with Gasteiger partial charge < -0.3 is 14.0 Å². The molecule has 0 aromatic carbocycles. The molecule has 0 saturated heterocycles. The quantitative estimate of drug-likeness (QED) is 0.129. The molecule has 224 valence electrons. The predicted octanol–water partition coefficient (Wildman–Crippen LogP) is 9.49. The molecular formula is C34H62O3Si2. The van der Waals surface area contributed by atoms with Crippen molar-refractivity contribution in [3.05, 3.63) is 11.6 Å². The molecule has 5 atom stereocenters. The first-order valence-corrected chi connectivity index (χ1v) is 22.1. The lowest BCUT2D eigenvalue weighted by molar-refractivity contribution is 0.0210. The van der Waals surface area contributed by atoms with Crippen LogP contribution in [-0.2, 0) is 8.85 Å². The van der Waals surface area contributed by atoms with Crippen molar-refractivity contribution < 1.29 is 14.0 Å². The van der Waals surface area contributed by atoms with Crippen molar-refractivity contribution in [2.24, 2.45) is 23.7 Å². The van der Waals surface area contributed by atoms with E-state index in [4.69, 9.17) is 14.0 Å². The summed E-state index contributed by atoms with van der Waals surface area (Å²) in [7, 11) is -3.81. The molecule has 1 N–H and O–H groups in total. The molecule has 3 nitrogen and oxygen atoms in total. The molecule has 3 aliphatic rings. The molecule has 39 heavy (non-hydrogen) atoms. The Hall–Kier alpha value is -0.386. The molecule has 0 radical (unpaired) electrons. The van der Waals surface area contributed by atoms with Crippen LogP contribution in [0.3, 0.4) is 0 Å². The van der Waals surface area contributed by atoms with Crippen LogP contribution in [0.2, 0.25) is 36.3 Å². The van der Waals surface area contributed by atoms with E-state index < -0.39 is 16.6 Å². The molecule has 3 fully saturated rings. The number of allylic oxidation sites excluding steroid dienone is 2. The highest BCUT2D eigenvalue weighted by Gasteiger charge is 2.50. The van der Waals surface area contributed by atoms with Gasteiger partial charge in [-0.05, 0) is 105 Å². The summed E-state index contributed by atoms with van der Waals surface area (Å²) in [4.78, 5) is 0. The molecule has 0 spiro atoms. The molecule has 0 heterocycles. The number of fused-ring (bicyclic) bond motifs is 1. The Morgan fingerprint density at radius 3 is 2.13 bits per heavy atom. The summed E-state index contributed by atoms with van der Waals surface area (Å²) in [5.74, 6) is 9.95. The SMILES string of the molecule is CC(C)(C)[Si](C)(C)OC(C#C[C@@H]1[C@H]2C/C(=C/CCCCO)[C@H]2CC[C@H]1O[Si](C)(C)C(C)(C)C)C1CCCCC1. The van der Waals surface area contributed by atoms with Crippen LogP contribution in [-0.4, -0.2) is 40.6 Å². The highest BCUT2D eigenvalue weighted by Crippen LogP contribution is 2.53. The largest absolute Gasteiger partial charge is 0.413 e. The standard InChI is InChI=1S/C34H62O3Si2/c1-33(2,3)38(7,8)36-31(26-17-13-11-14-18-26)22-21-29-30-25-27(19-15-12-16-24-35)28(30)20-23-32(29)37-39(9,10)34(4,5)6/h19,26,28-32,35H,11-18,20,23-25H2,1-10H3/b27-19-/t28-,29-,30+,31?,32-/m1/s1. The average Bonchev–Trinajstić information content (AvgIpc) is 2.82. The molecular weight excluding hydrogens is 513 g/mol. The van der Waals surface area contributed by atoms with Gasteiger partial charge in [-0.3, -0.25) is 0 Å². The molecule has 0 amide bonds. The minimum atomic E-state index is -1.92. The van der Waals surface area contributed by atoms with Crippen molar-refractivity contribution in [2.75, 3.05) is 6.61 Å². The Kier molecular flexibility index (Phi) is 11.3. The lowest BCUT2D eigenvalue weighted by Gasteiger charge is -2.52. The van der Waals surface area contributed by atoms with Gasteiger partial charge in [-0.1, -0.05) is 84.3 Å². The lowest BCUT2D eigenvalue weighted by Crippen LogP contribution is -2.51. The van der Waals surface area contributed by atoms with E-state index in [1.807, 2.05) is 0 Å². The van der Waals surface area contributed by atoms with Gasteiger partial charge in [0.05, 0.1) is 6.10 Å². The van der Waals surface area contributed by atoms with Crippen LogP contribution < -0.4 is 0 Å². The summed E-state index contributed by atoms with van der Waals surface area (Å²) in [6.07, 6.45) is 15.9. The van der Waals surface area contributed by atoms with Crippen LogP contribution in [0.5, 0.6) is 0 Å². The highest BCUT2D eigenvalue weighted by molar-refractivity contribution is 6.74. The van der Waals surface area contributed by atoms with Gasteiger partial charge in [0, 0.05) is 12.5 Å². The van der Waals surface area contributed by atoms with Crippen molar-refractivity contribution in [3.63, 3.8) is 0 Å². The maximum Gasteiger partial charge on any atom is 0.193 e. The van der Waals surface area contributed by atoms with Crippen molar-refractivity contribution >= 4 is 16.6 Å². The Labute approximate surface area is 244 Å². The van der Waals surface area contributed by atoms with Crippen molar-refractivity contribution in [1.82, 2.24) is 0 Å². The molecule has 1 unspecified atom stereocenters. The van der Waals surface area contributed by atoms with E-state index in [0.717, 1.165) is 25.7 Å². The van der Waals surface area contributed by atoms with Gasteiger partial charge in [0.2, 0.25) is 0 Å². The first kappa shape index (κ1) is 33.1. The smallest absolute Gasteiger partial charge is 0.193 e. The summed E-state index contributed by atoms with van der Waals surface area (Å²) in [6.45, 7) is 24.0. The van der Waals surface area contributed by atoms with Gasteiger partial charge in [0.15, 0.2) is 16.6 Å². The number of aliphatic hydroxyl groups is 1. The summed E-state index contributed by atoms with van der Waals surface area (Å²) in [6, 6.07) is 0. The molecule has 0 aromatic rings. The molecule has 0 aromatic heterocycles. The molecule has 5 heteroatoms. The predicted molar refractivity (Wildman–Crippen MR) is 172 cm³/mol. The highest BCUT2D eigenvalue weighted by atomic mass is 28.4. The van der Waals surface area contributed by atoms with Crippen LogP contribution in [0, 0.1) is 35.5 Å². The summed E-state index contributed by atoms with van der Waals surface area (Å²) in [5, 5.41) is 9.56. The Bertz CT molecular complexity index is 877. The molecule has 3 rings (SSSR count). The van der Waals surface area contributed by atoms with Crippen LogP contribution in [0.1, 0.15) is 112 Å². The Balaban J connectivity index is 1.88. The van der Waals surface area contributed by atoms with Gasteiger partial charge >= 0.3 is 0 Å². The van der Waals surface area contributed by atoms with E-state index in [-0.39, 0.29) is 22.3 Å². The van der Waals surface area contributed by atoms with Crippen molar-refractivity contribution in [3.8, 4) is 11.8 Å². The van der Waals surface area contributed by atoms with Crippen molar-refractivity contribution in [1.29, 1.82) is 0 Å².